The fourth-order valence-electron chi connectivity index (χ4n) is 4.28. The molecule has 2 fully saturated rings. The van der Waals surface area contributed by atoms with Crippen molar-refractivity contribution in [3.05, 3.63) is 59.8 Å². The van der Waals surface area contributed by atoms with Gasteiger partial charge in [0.2, 0.25) is 5.88 Å². The van der Waals surface area contributed by atoms with Crippen molar-refractivity contribution in [2.24, 2.45) is 0 Å². The first-order chi connectivity index (χ1) is 13.7. The van der Waals surface area contributed by atoms with Crippen LogP contribution in [0.5, 0.6) is 5.88 Å². The quantitative estimate of drug-likeness (QED) is 0.807. The molecule has 0 spiro atoms. The van der Waals surface area contributed by atoms with Gasteiger partial charge < -0.3 is 9.64 Å². The fraction of sp³-hybridized carbons (Fsp3) is 0.435. The highest BCUT2D eigenvalue weighted by Gasteiger charge is 2.37. The molecular weight excluding hydrogens is 350 g/mol. The van der Waals surface area contributed by atoms with Gasteiger partial charge in [-0.2, -0.15) is 5.26 Å². The van der Waals surface area contributed by atoms with E-state index in [2.05, 4.69) is 11.1 Å². The first kappa shape index (κ1) is 18.5. The number of benzene rings is 1. The third kappa shape index (κ3) is 3.73. The van der Waals surface area contributed by atoms with E-state index in [1.165, 1.54) is 12.8 Å². The molecule has 5 nitrogen and oxygen atoms in total. The number of piperidine rings is 1. The maximum absolute atomic E-state index is 13.0. The molecular formula is C23H25N3O2. The van der Waals surface area contributed by atoms with Gasteiger partial charge in [-0.15, -0.1) is 0 Å². The van der Waals surface area contributed by atoms with E-state index >= 15 is 0 Å². The lowest BCUT2D eigenvalue weighted by Gasteiger charge is -2.37. The van der Waals surface area contributed by atoms with Crippen molar-refractivity contribution in [1.29, 1.82) is 5.26 Å². The highest BCUT2D eigenvalue weighted by Crippen LogP contribution is 2.35. The largest absolute Gasteiger partial charge is 0.474 e. The van der Waals surface area contributed by atoms with Crippen molar-refractivity contribution in [3.8, 4) is 11.9 Å². The van der Waals surface area contributed by atoms with Crippen LogP contribution >= 0.6 is 0 Å². The van der Waals surface area contributed by atoms with Crippen LogP contribution in [0.25, 0.3) is 0 Å². The van der Waals surface area contributed by atoms with E-state index in [1.807, 2.05) is 35.2 Å². The summed E-state index contributed by atoms with van der Waals surface area (Å²) in [4.78, 5) is 19.1. The van der Waals surface area contributed by atoms with Gasteiger partial charge in [0.15, 0.2) is 0 Å². The van der Waals surface area contributed by atoms with Crippen molar-refractivity contribution in [3.63, 3.8) is 0 Å². The summed E-state index contributed by atoms with van der Waals surface area (Å²) in [6.07, 6.45) is 7.66. The Kier molecular flexibility index (Phi) is 5.29. The van der Waals surface area contributed by atoms with Gasteiger partial charge in [-0.25, -0.2) is 4.98 Å². The van der Waals surface area contributed by atoms with Crippen LogP contribution in [-0.2, 0) is 5.41 Å². The number of aromatic nitrogens is 1. The number of hydrogen-bond acceptors (Lipinski definition) is 4. The van der Waals surface area contributed by atoms with Crippen LogP contribution in [0.4, 0.5) is 0 Å². The summed E-state index contributed by atoms with van der Waals surface area (Å²) in [5, 5.41) is 9.83. The average molecular weight is 375 g/mol. The number of carbonyl (C=O) groups is 1. The highest BCUT2D eigenvalue weighted by atomic mass is 16.5. The maximum Gasteiger partial charge on any atom is 0.254 e. The molecule has 0 bridgehead atoms. The van der Waals surface area contributed by atoms with E-state index in [-0.39, 0.29) is 12.0 Å². The van der Waals surface area contributed by atoms with Crippen LogP contribution < -0.4 is 4.74 Å². The molecule has 1 saturated heterocycles. The number of pyridine rings is 1. The maximum atomic E-state index is 13.0. The van der Waals surface area contributed by atoms with Crippen LogP contribution in [0.15, 0.2) is 48.7 Å². The van der Waals surface area contributed by atoms with Crippen LogP contribution in [-0.4, -0.2) is 35.0 Å². The first-order valence-electron chi connectivity index (χ1n) is 10.1. The molecule has 144 valence electrons. The predicted octanol–water partition coefficient (Wildman–Crippen LogP) is 4.10. The lowest BCUT2D eigenvalue weighted by molar-refractivity contribution is 0.0690. The van der Waals surface area contributed by atoms with Gasteiger partial charge in [-0.3, -0.25) is 4.79 Å². The van der Waals surface area contributed by atoms with Crippen molar-refractivity contribution >= 4 is 5.91 Å². The van der Waals surface area contributed by atoms with Crippen molar-refractivity contribution in [2.75, 3.05) is 13.1 Å². The molecule has 5 heteroatoms. The minimum atomic E-state index is -0.507. The molecule has 2 aliphatic rings. The SMILES string of the molecule is N#CC1(c2ccccc2)CCN(C(=O)c2ccnc(OC3CCCC3)c2)CC1. The molecule has 1 saturated carbocycles. The lowest BCUT2D eigenvalue weighted by atomic mass is 9.74. The predicted molar refractivity (Wildman–Crippen MR) is 106 cm³/mol. The number of amides is 1. The van der Waals surface area contributed by atoms with E-state index in [0.717, 1.165) is 18.4 Å². The first-order valence-corrected chi connectivity index (χ1v) is 10.1. The van der Waals surface area contributed by atoms with Gasteiger partial charge in [0.25, 0.3) is 5.91 Å². The number of nitriles is 1. The smallest absolute Gasteiger partial charge is 0.254 e. The van der Waals surface area contributed by atoms with Gasteiger partial charge in [-0.05, 0) is 50.2 Å². The molecule has 4 rings (SSSR count). The number of nitrogens with zero attached hydrogens (tertiary/aromatic N) is 3. The van der Waals surface area contributed by atoms with E-state index in [0.29, 0.717) is 37.4 Å². The van der Waals surface area contributed by atoms with Crippen molar-refractivity contribution in [1.82, 2.24) is 9.88 Å². The Morgan fingerprint density at radius 1 is 1.14 bits per heavy atom. The second kappa shape index (κ2) is 8.02. The van der Waals surface area contributed by atoms with Crippen LogP contribution in [0, 0.1) is 11.3 Å². The molecule has 0 atom stereocenters. The topological polar surface area (TPSA) is 66.2 Å². The monoisotopic (exact) mass is 375 g/mol. The average Bonchev–Trinajstić information content (AvgIpc) is 3.27. The van der Waals surface area contributed by atoms with Crippen LogP contribution in [0.1, 0.15) is 54.4 Å². The number of ether oxygens (including phenoxy) is 1. The summed E-state index contributed by atoms with van der Waals surface area (Å²) >= 11 is 0. The zero-order valence-electron chi connectivity index (χ0n) is 16.0. The van der Waals surface area contributed by atoms with Crippen LogP contribution in [0.2, 0.25) is 0 Å². The third-order valence-electron chi connectivity index (χ3n) is 6.02. The lowest BCUT2D eigenvalue weighted by Crippen LogP contribution is -2.44. The number of rotatable bonds is 4. The Hall–Kier alpha value is -2.87. The van der Waals surface area contributed by atoms with Gasteiger partial charge in [0.1, 0.15) is 6.10 Å². The van der Waals surface area contributed by atoms with E-state index < -0.39 is 5.41 Å². The minimum absolute atomic E-state index is 0.0155. The summed E-state index contributed by atoms with van der Waals surface area (Å²) in [6.45, 7) is 1.14. The molecule has 2 aromatic rings. The number of likely N-dealkylation sites (tertiary alicyclic amines) is 1. The minimum Gasteiger partial charge on any atom is -0.474 e. The summed E-state index contributed by atoms with van der Waals surface area (Å²) < 4.78 is 5.94. The molecule has 0 radical (unpaired) electrons. The summed E-state index contributed by atoms with van der Waals surface area (Å²) in [7, 11) is 0. The van der Waals surface area contributed by atoms with Gasteiger partial charge in [0, 0.05) is 30.9 Å². The fourth-order valence-corrected chi connectivity index (χ4v) is 4.28. The Balaban J connectivity index is 1.43. The molecule has 0 unspecified atom stereocenters. The molecule has 2 heterocycles. The Labute approximate surface area is 166 Å². The summed E-state index contributed by atoms with van der Waals surface area (Å²) in [5.41, 5.74) is 1.14. The normalized spacial score (nSPS) is 19.2. The molecule has 28 heavy (non-hydrogen) atoms. The van der Waals surface area contributed by atoms with Crippen molar-refractivity contribution in [2.45, 2.75) is 50.0 Å². The van der Waals surface area contributed by atoms with E-state index in [4.69, 9.17) is 4.74 Å². The van der Waals surface area contributed by atoms with Crippen molar-refractivity contribution < 1.29 is 9.53 Å². The molecule has 1 amide bonds. The second-order valence-corrected chi connectivity index (χ2v) is 7.76. The zero-order chi connectivity index (χ0) is 19.4. The third-order valence-corrected chi connectivity index (χ3v) is 6.02. The Bertz CT molecular complexity index is 861. The second-order valence-electron chi connectivity index (χ2n) is 7.76. The molecule has 1 aromatic heterocycles. The molecule has 1 aliphatic carbocycles. The zero-order valence-corrected chi connectivity index (χ0v) is 16.0. The number of hydrogen-bond donors (Lipinski definition) is 0. The van der Waals surface area contributed by atoms with Gasteiger partial charge in [-0.1, -0.05) is 30.3 Å². The van der Waals surface area contributed by atoms with E-state index in [1.54, 1.807) is 18.3 Å². The van der Waals surface area contributed by atoms with Gasteiger partial charge >= 0.3 is 0 Å². The van der Waals surface area contributed by atoms with Crippen LogP contribution in [0.3, 0.4) is 0 Å². The highest BCUT2D eigenvalue weighted by molar-refractivity contribution is 5.94. The molecule has 1 aromatic carbocycles. The molecule has 1 aliphatic heterocycles. The summed E-state index contributed by atoms with van der Waals surface area (Å²) in [5.74, 6) is 0.517. The number of carbonyl (C=O) groups excluding carboxylic acids is 1. The standard InChI is InChI=1S/C23H25N3O2/c24-17-23(19-6-2-1-3-7-19)11-14-26(15-12-23)22(27)18-10-13-25-21(16-18)28-20-8-4-5-9-20/h1-3,6-7,10,13,16,20H,4-5,8-9,11-12,14-15H2. The Morgan fingerprint density at radius 2 is 1.86 bits per heavy atom. The van der Waals surface area contributed by atoms with Gasteiger partial charge in [0.05, 0.1) is 11.5 Å². The summed E-state index contributed by atoms with van der Waals surface area (Å²) in [6, 6.07) is 15.9. The van der Waals surface area contributed by atoms with E-state index in [9.17, 15) is 10.1 Å². The Morgan fingerprint density at radius 3 is 2.54 bits per heavy atom. The molecule has 0 N–H and O–H groups in total.